The van der Waals surface area contributed by atoms with Crippen LogP contribution >= 0.6 is 12.2 Å². The van der Waals surface area contributed by atoms with Crippen molar-refractivity contribution in [2.75, 3.05) is 6.54 Å². The van der Waals surface area contributed by atoms with Crippen LogP contribution in [0.5, 0.6) is 0 Å². The highest BCUT2D eigenvalue weighted by Gasteiger charge is 2.41. The number of aryl methyl sites for hydroxylation is 1. The molecule has 4 rings (SSSR count). The van der Waals surface area contributed by atoms with E-state index in [1.165, 1.54) is 0 Å². The number of nitrogens with zero attached hydrogens (tertiary/aromatic N) is 2. The molecule has 154 valence electrons. The maximum Gasteiger partial charge on any atom is 0.335 e. The van der Waals surface area contributed by atoms with Crippen molar-refractivity contribution < 1.29 is 14.3 Å². The Labute approximate surface area is 180 Å². The van der Waals surface area contributed by atoms with E-state index in [1.807, 2.05) is 37.3 Å². The van der Waals surface area contributed by atoms with Gasteiger partial charge in [-0.3, -0.25) is 4.98 Å². The number of furan rings is 1. The Hall–Kier alpha value is -3.19. The number of hydrogen-bond donors (Lipinski definition) is 2. The summed E-state index contributed by atoms with van der Waals surface area (Å²) in [7, 11) is 0. The van der Waals surface area contributed by atoms with Crippen molar-refractivity contribution in [1.29, 1.82) is 0 Å². The molecule has 1 fully saturated rings. The molecule has 30 heavy (non-hydrogen) atoms. The number of thiocarbonyl (C=S) groups is 1. The van der Waals surface area contributed by atoms with Gasteiger partial charge in [-0.1, -0.05) is 19.1 Å². The monoisotopic (exact) mass is 421 g/mol. The lowest BCUT2D eigenvalue weighted by Crippen LogP contribution is -2.30. The predicted molar refractivity (Wildman–Crippen MR) is 118 cm³/mol. The molecule has 2 N–H and O–H groups in total. The molecular weight excluding hydrogens is 398 g/mol. The Balaban J connectivity index is 1.72. The Kier molecular flexibility index (Phi) is 5.55. The van der Waals surface area contributed by atoms with Gasteiger partial charge in [0.2, 0.25) is 0 Å². The number of carboxylic acids is 1. The SMILES string of the molecule is CCCN1C(=S)N[C@@H](c2ccccn2)[C@H]1c1ccc(-c2ccc(C(=O)O)cc2C)o1. The minimum absolute atomic E-state index is 0.111. The molecule has 3 aromatic rings. The van der Waals surface area contributed by atoms with Crippen molar-refractivity contribution in [1.82, 2.24) is 15.2 Å². The fraction of sp³-hybridized carbons (Fsp3) is 0.261. The van der Waals surface area contributed by atoms with E-state index in [0.717, 1.165) is 35.5 Å². The van der Waals surface area contributed by atoms with E-state index in [1.54, 1.807) is 24.4 Å². The second-order valence-corrected chi connectivity index (χ2v) is 7.74. The third kappa shape index (κ3) is 3.68. The molecule has 0 unspecified atom stereocenters. The van der Waals surface area contributed by atoms with Gasteiger partial charge in [0.15, 0.2) is 5.11 Å². The molecule has 0 saturated carbocycles. The molecule has 0 aliphatic carbocycles. The molecule has 1 aromatic carbocycles. The van der Waals surface area contributed by atoms with Gasteiger partial charge < -0.3 is 19.7 Å². The molecule has 7 heteroatoms. The van der Waals surface area contributed by atoms with Crippen LogP contribution in [0.3, 0.4) is 0 Å². The Morgan fingerprint density at radius 1 is 1.27 bits per heavy atom. The number of hydrogen-bond acceptors (Lipinski definition) is 4. The fourth-order valence-electron chi connectivity index (χ4n) is 3.93. The van der Waals surface area contributed by atoms with Crippen molar-refractivity contribution in [3.63, 3.8) is 0 Å². The molecular formula is C23H23N3O3S. The molecule has 2 aromatic heterocycles. The standard InChI is InChI=1S/C23H23N3O3S/c1-3-12-26-21(20(25-23(26)30)17-6-4-5-11-24-17)19-10-9-18(29-19)16-8-7-15(22(27)28)13-14(16)2/h4-11,13,20-21H,3,12H2,1-2H3,(H,25,30)(H,27,28)/t20-,21+/m0/s1. The van der Waals surface area contributed by atoms with Gasteiger partial charge in [0.1, 0.15) is 17.6 Å². The Bertz CT molecular complexity index is 1080. The molecule has 6 nitrogen and oxygen atoms in total. The van der Waals surface area contributed by atoms with E-state index in [4.69, 9.17) is 16.6 Å². The summed E-state index contributed by atoms with van der Waals surface area (Å²) in [6.45, 7) is 4.81. The van der Waals surface area contributed by atoms with Gasteiger partial charge in [0.05, 0.1) is 17.3 Å². The third-order valence-corrected chi connectivity index (χ3v) is 5.67. The van der Waals surface area contributed by atoms with Crippen LogP contribution in [-0.4, -0.2) is 32.6 Å². The van der Waals surface area contributed by atoms with Gasteiger partial charge >= 0.3 is 5.97 Å². The smallest absolute Gasteiger partial charge is 0.335 e. The highest BCUT2D eigenvalue weighted by Crippen LogP contribution is 2.40. The van der Waals surface area contributed by atoms with Crippen LogP contribution < -0.4 is 5.32 Å². The third-order valence-electron chi connectivity index (χ3n) is 5.32. The number of aromatic nitrogens is 1. The van der Waals surface area contributed by atoms with Crippen LogP contribution in [0.15, 0.2) is 59.1 Å². The van der Waals surface area contributed by atoms with Crippen LogP contribution in [0.1, 0.15) is 52.8 Å². The molecule has 1 aliphatic heterocycles. The summed E-state index contributed by atoms with van der Waals surface area (Å²) in [5.41, 5.74) is 2.89. The maximum absolute atomic E-state index is 11.2. The Morgan fingerprint density at radius 3 is 2.77 bits per heavy atom. The lowest BCUT2D eigenvalue weighted by Gasteiger charge is -2.25. The Morgan fingerprint density at radius 2 is 2.10 bits per heavy atom. The summed E-state index contributed by atoms with van der Waals surface area (Å²) in [5, 5.41) is 13.3. The minimum Gasteiger partial charge on any atom is -0.478 e. The van der Waals surface area contributed by atoms with E-state index in [2.05, 4.69) is 22.1 Å². The van der Waals surface area contributed by atoms with E-state index in [9.17, 15) is 9.90 Å². The van der Waals surface area contributed by atoms with Gasteiger partial charge in [0.25, 0.3) is 0 Å². The molecule has 0 radical (unpaired) electrons. The lowest BCUT2D eigenvalue weighted by atomic mass is 10.0. The lowest BCUT2D eigenvalue weighted by molar-refractivity contribution is 0.0697. The average Bonchev–Trinajstić information content (AvgIpc) is 3.34. The number of pyridine rings is 1. The molecule has 0 bridgehead atoms. The molecule has 2 atom stereocenters. The van der Waals surface area contributed by atoms with E-state index in [0.29, 0.717) is 10.9 Å². The van der Waals surface area contributed by atoms with Gasteiger partial charge in [0, 0.05) is 18.3 Å². The summed E-state index contributed by atoms with van der Waals surface area (Å²) in [5.74, 6) is 0.556. The normalized spacial score (nSPS) is 18.5. The number of benzene rings is 1. The number of carbonyl (C=O) groups is 1. The van der Waals surface area contributed by atoms with Crippen molar-refractivity contribution >= 4 is 23.3 Å². The number of aromatic carboxylic acids is 1. The summed E-state index contributed by atoms with van der Waals surface area (Å²) >= 11 is 5.61. The second kappa shape index (κ2) is 8.28. The number of rotatable bonds is 6. The van der Waals surface area contributed by atoms with E-state index in [-0.39, 0.29) is 17.6 Å². The first-order chi connectivity index (χ1) is 14.5. The van der Waals surface area contributed by atoms with Crippen LogP contribution in [0, 0.1) is 6.92 Å². The number of nitrogens with one attached hydrogen (secondary N) is 1. The zero-order chi connectivity index (χ0) is 21.3. The minimum atomic E-state index is -0.941. The first kappa shape index (κ1) is 20.1. The molecule has 3 heterocycles. The fourth-order valence-corrected chi connectivity index (χ4v) is 4.26. The quantitative estimate of drug-likeness (QED) is 0.557. The van der Waals surface area contributed by atoms with Gasteiger partial charge in [-0.15, -0.1) is 0 Å². The van der Waals surface area contributed by atoms with Crippen molar-refractivity contribution in [2.24, 2.45) is 0 Å². The molecule has 1 saturated heterocycles. The van der Waals surface area contributed by atoms with E-state index < -0.39 is 5.97 Å². The highest BCUT2D eigenvalue weighted by atomic mass is 32.1. The van der Waals surface area contributed by atoms with Crippen LogP contribution in [-0.2, 0) is 0 Å². The average molecular weight is 422 g/mol. The largest absolute Gasteiger partial charge is 0.478 e. The summed E-state index contributed by atoms with van der Waals surface area (Å²) in [6, 6.07) is 14.6. The van der Waals surface area contributed by atoms with Gasteiger partial charge in [-0.2, -0.15) is 0 Å². The summed E-state index contributed by atoms with van der Waals surface area (Å²) in [4.78, 5) is 17.9. The van der Waals surface area contributed by atoms with Crippen molar-refractivity contribution in [3.8, 4) is 11.3 Å². The van der Waals surface area contributed by atoms with Crippen LogP contribution in [0.4, 0.5) is 0 Å². The zero-order valence-electron chi connectivity index (χ0n) is 16.8. The maximum atomic E-state index is 11.2. The van der Waals surface area contributed by atoms with Crippen LogP contribution in [0.25, 0.3) is 11.3 Å². The topological polar surface area (TPSA) is 78.6 Å². The van der Waals surface area contributed by atoms with E-state index >= 15 is 0 Å². The van der Waals surface area contributed by atoms with Crippen molar-refractivity contribution in [3.05, 3.63) is 77.3 Å². The molecule has 0 spiro atoms. The number of carboxylic acid groups (broad SMARTS) is 1. The molecule has 0 amide bonds. The zero-order valence-corrected chi connectivity index (χ0v) is 17.6. The van der Waals surface area contributed by atoms with Gasteiger partial charge in [-0.05, 0) is 67.5 Å². The predicted octanol–water partition coefficient (Wildman–Crippen LogP) is 4.73. The van der Waals surface area contributed by atoms with Crippen molar-refractivity contribution in [2.45, 2.75) is 32.4 Å². The first-order valence-electron chi connectivity index (χ1n) is 9.91. The van der Waals surface area contributed by atoms with Crippen LogP contribution in [0.2, 0.25) is 0 Å². The summed E-state index contributed by atoms with van der Waals surface area (Å²) < 4.78 is 6.29. The van der Waals surface area contributed by atoms with Gasteiger partial charge in [-0.25, -0.2) is 4.79 Å². The summed E-state index contributed by atoms with van der Waals surface area (Å²) in [6.07, 6.45) is 2.73. The molecule has 1 aliphatic rings. The second-order valence-electron chi connectivity index (χ2n) is 7.36. The highest BCUT2D eigenvalue weighted by molar-refractivity contribution is 7.80. The first-order valence-corrected chi connectivity index (χ1v) is 10.3.